The summed E-state index contributed by atoms with van der Waals surface area (Å²) in [5.74, 6) is 0.0155. The monoisotopic (exact) mass is 458 g/mol. The predicted molar refractivity (Wildman–Crippen MR) is 117 cm³/mol. The molecule has 1 atom stereocenters. The highest BCUT2D eigenvalue weighted by Crippen LogP contribution is 2.31. The lowest BCUT2D eigenvalue weighted by molar-refractivity contribution is -0.140. The van der Waals surface area contributed by atoms with Gasteiger partial charge in [0, 0.05) is 18.2 Å². The first-order valence-electron chi connectivity index (χ1n) is 9.47. The lowest BCUT2D eigenvalue weighted by Gasteiger charge is -2.24. The fourth-order valence-corrected chi connectivity index (χ4v) is 4.49. The first-order chi connectivity index (χ1) is 15.0. The maximum atomic E-state index is 13.3. The fourth-order valence-electron chi connectivity index (χ4n) is 3.34. The number of methoxy groups -OCH3 is 1. The lowest BCUT2D eigenvalue weighted by atomic mass is 9.96. The maximum absolute atomic E-state index is 13.3. The van der Waals surface area contributed by atoms with Crippen LogP contribution in [0.5, 0.6) is 0 Å². The third kappa shape index (κ3) is 4.27. The molecule has 0 fully saturated rings. The molecular weight excluding hydrogens is 440 g/mol. The molecule has 0 N–H and O–H groups in total. The topological polar surface area (TPSA) is 83.0 Å². The van der Waals surface area contributed by atoms with Gasteiger partial charge >= 0.3 is 5.97 Å². The number of nitrogens with zero attached hydrogens (tertiary/aromatic N) is 2. The van der Waals surface area contributed by atoms with Gasteiger partial charge in [0.05, 0.1) is 34.7 Å². The van der Waals surface area contributed by atoms with Crippen molar-refractivity contribution < 1.29 is 18.7 Å². The van der Waals surface area contributed by atoms with Crippen molar-refractivity contribution in [2.24, 2.45) is 4.99 Å². The quantitative estimate of drug-likeness (QED) is 0.419. The van der Waals surface area contributed by atoms with E-state index in [2.05, 4.69) is 4.99 Å². The fraction of sp³-hybridized carbons (Fsp3) is 0.227. The number of benzene rings is 1. The Hall–Kier alpha value is -2.94. The van der Waals surface area contributed by atoms with Gasteiger partial charge in [-0.3, -0.25) is 9.36 Å². The van der Waals surface area contributed by atoms with Crippen LogP contribution in [-0.4, -0.2) is 30.9 Å². The summed E-state index contributed by atoms with van der Waals surface area (Å²) in [6.07, 6.45) is 3.20. The van der Waals surface area contributed by atoms with Crippen LogP contribution < -0.4 is 14.9 Å². The minimum absolute atomic E-state index is 0.0996. The Bertz CT molecular complexity index is 1300. The number of esters is 1. The molecule has 1 aliphatic rings. The summed E-state index contributed by atoms with van der Waals surface area (Å²) in [6, 6.07) is 9.84. The Labute approximate surface area is 186 Å². The van der Waals surface area contributed by atoms with E-state index in [-0.39, 0.29) is 18.8 Å². The van der Waals surface area contributed by atoms with Gasteiger partial charge < -0.3 is 13.9 Å². The van der Waals surface area contributed by atoms with E-state index in [1.54, 1.807) is 49.4 Å². The van der Waals surface area contributed by atoms with Gasteiger partial charge in [-0.05, 0) is 36.8 Å². The van der Waals surface area contributed by atoms with Crippen LogP contribution in [-0.2, 0) is 14.3 Å². The highest BCUT2D eigenvalue weighted by Gasteiger charge is 2.33. The van der Waals surface area contributed by atoms with Crippen molar-refractivity contribution in [1.29, 1.82) is 0 Å². The highest BCUT2D eigenvalue weighted by molar-refractivity contribution is 7.07. The van der Waals surface area contributed by atoms with Crippen LogP contribution in [0.4, 0.5) is 0 Å². The average Bonchev–Trinajstić information content (AvgIpc) is 3.36. The smallest absolute Gasteiger partial charge is 0.338 e. The second kappa shape index (κ2) is 9.05. The van der Waals surface area contributed by atoms with Gasteiger partial charge in [0.15, 0.2) is 4.80 Å². The number of allylic oxidation sites excluding steroid dienone is 1. The second-order valence-corrected chi connectivity index (χ2v) is 8.22. The molecule has 4 rings (SSSR count). The van der Waals surface area contributed by atoms with Crippen molar-refractivity contribution in [2.45, 2.75) is 13.0 Å². The second-order valence-electron chi connectivity index (χ2n) is 6.78. The third-order valence-electron chi connectivity index (χ3n) is 4.76. The summed E-state index contributed by atoms with van der Waals surface area (Å²) in [6.45, 7) is 2.11. The first-order valence-corrected chi connectivity index (χ1v) is 10.7. The zero-order valence-corrected chi connectivity index (χ0v) is 18.4. The Morgan fingerprint density at radius 3 is 2.74 bits per heavy atom. The van der Waals surface area contributed by atoms with E-state index in [1.165, 1.54) is 29.3 Å². The number of furan rings is 1. The molecule has 0 saturated carbocycles. The summed E-state index contributed by atoms with van der Waals surface area (Å²) in [7, 11) is 1.53. The van der Waals surface area contributed by atoms with Crippen LogP contribution in [0.1, 0.15) is 24.3 Å². The summed E-state index contributed by atoms with van der Waals surface area (Å²) in [4.78, 5) is 31.3. The van der Waals surface area contributed by atoms with Gasteiger partial charge in [-0.15, -0.1) is 0 Å². The molecule has 0 bridgehead atoms. The highest BCUT2D eigenvalue weighted by atomic mass is 35.5. The molecule has 0 saturated heterocycles. The van der Waals surface area contributed by atoms with E-state index >= 15 is 0 Å². The zero-order valence-electron chi connectivity index (χ0n) is 16.8. The maximum Gasteiger partial charge on any atom is 0.338 e. The van der Waals surface area contributed by atoms with Gasteiger partial charge in [0.1, 0.15) is 12.4 Å². The van der Waals surface area contributed by atoms with Gasteiger partial charge in [-0.2, -0.15) is 0 Å². The van der Waals surface area contributed by atoms with E-state index in [0.29, 0.717) is 31.4 Å². The van der Waals surface area contributed by atoms with E-state index in [0.717, 1.165) is 5.56 Å². The summed E-state index contributed by atoms with van der Waals surface area (Å²) < 4.78 is 17.6. The van der Waals surface area contributed by atoms with E-state index in [9.17, 15) is 9.59 Å². The van der Waals surface area contributed by atoms with Crippen LogP contribution in [0, 0.1) is 0 Å². The molecule has 0 amide bonds. The van der Waals surface area contributed by atoms with Crippen molar-refractivity contribution in [3.05, 3.63) is 90.0 Å². The van der Waals surface area contributed by atoms with Crippen LogP contribution in [0.2, 0.25) is 5.02 Å². The molecule has 0 aliphatic carbocycles. The van der Waals surface area contributed by atoms with Crippen molar-refractivity contribution in [3.8, 4) is 0 Å². The predicted octanol–water partition coefficient (Wildman–Crippen LogP) is 2.67. The lowest BCUT2D eigenvalue weighted by Crippen LogP contribution is -2.40. The number of carbonyl (C=O) groups excluding carboxylic acids is 1. The molecule has 0 radical (unpaired) electrons. The molecule has 3 aromatic rings. The minimum atomic E-state index is -0.692. The van der Waals surface area contributed by atoms with Gasteiger partial charge in [-0.25, -0.2) is 9.79 Å². The van der Waals surface area contributed by atoms with Crippen molar-refractivity contribution in [1.82, 2.24) is 4.57 Å². The number of carbonyl (C=O) groups is 1. The molecule has 9 heteroatoms. The number of rotatable bonds is 6. The Kier molecular flexibility index (Phi) is 6.22. The molecule has 1 aliphatic heterocycles. The van der Waals surface area contributed by atoms with Gasteiger partial charge in [0.25, 0.3) is 5.56 Å². The molecule has 0 spiro atoms. The Balaban J connectivity index is 1.88. The number of halogens is 1. The average molecular weight is 459 g/mol. The molecular formula is C22H19ClN2O5S. The molecule has 160 valence electrons. The van der Waals surface area contributed by atoms with Crippen LogP contribution in [0.25, 0.3) is 6.08 Å². The van der Waals surface area contributed by atoms with Crippen LogP contribution >= 0.6 is 22.9 Å². The largest absolute Gasteiger partial charge is 0.465 e. The van der Waals surface area contributed by atoms with Crippen LogP contribution in [0.15, 0.2) is 68.1 Å². The number of fused-ring (bicyclic) bond motifs is 1. The van der Waals surface area contributed by atoms with Crippen molar-refractivity contribution >= 4 is 35.0 Å². The number of aromatic nitrogens is 1. The van der Waals surface area contributed by atoms with Crippen molar-refractivity contribution in [3.63, 3.8) is 0 Å². The standard InChI is InChI=1S/C22H19ClN2O5S/c1-13-18(21(27)30-11-10-28-2)19(14-5-7-15(23)8-6-14)25-20(26)17(31-22(25)24-13)12-16-4-3-9-29-16/h3-9,12,19H,10-11H2,1-2H3. The zero-order chi connectivity index (χ0) is 22.0. The minimum Gasteiger partial charge on any atom is -0.465 e. The third-order valence-corrected chi connectivity index (χ3v) is 6.00. The normalized spacial score (nSPS) is 16.2. The molecule has 2 aromatic heterocycles. The van der Waals surface area contributed by atoms with E-state index < -0.39 is 12.0 Å². The Morgan fingerprint density at radius 2 is 2.06 bits per heavy atom. The van der Waals surface area contributed by atoms with Gasteiger partial charge in [0.2, 0.25) is 0 Å². The van der Waals surface area contributed by atoms with Gasteiger partial charge in [-0.1, -0.05) is 35.1 Å². The first kappa shape index (κ1) is 21.3. The van der Waals surface area contributed by atoms with E-state index in [4.69, 9.17) is 25.5 Å². The number of thiazole rings is 1. The SMILES string of the molecule is COCCOC(=O)C1=C(C)N=c2sc(=Cc3ccco3)c(=O)n2C1c1ccc(Cl)cc1. The number of ether oxygens (including phenoxy) is 2. The molecule has 31 heavy (non-hydrogen) atoms. The molecule has 1 aromatic carbocycles. The van der Waals surface area contributed by atoms with Crippen molar-refractivity contribution in [2.75, 3.05) is 20.3 Å². The molecule has 1 unspecified atom stereocenters. The summed E-state index contributed by atoms with van der Waals surface area (Å²) in [5, 5.41) is 0.555. The summed E-state index contributed by atoms with van der Waals surface area (Å²) >= 11 is 7.30. The van der Waals surface area contributed by atoms with E-state index in [1.807, 2.05) is 0 Å². The number of hydrogen-bond acceptors (Lipinski definition) is 7. The Morgan fingerprint density at radius 1 is 1.29 bits per heavy atom. The molecule has 7 nitrogen and oxygen atoms in total. The number of hydrogen-bond donors (Lipinski definition) is 0. The molecule has 3 heterocycles. The summed E-state index contributed by atoms with van der Waals surface area (Å²) in [5.41, 5.74) is 1.25. The van der Waals surface area contributed by atoms with Crippen LogP contribution in [0.3, 0.4) is 0 Å².